The monoisotopic (exact) mass is 819 g/mol. The highest BCUT2D eigenvalue weighted by Gasteiger charge is 2.18. The SMILES string of the molecule is c1ccc(-c2ccc(-c3cc(-c4cccc(-c5cccc(-c6nc7c8ccccc8ccc7c7c6sc6ccccc67)c5)c4)nc(-c4ccc(-c5ccccc5)cc4)n3)cc2)cc1. The average molecular weight is 820 g/mol. The molecule has 0 fully saturated rings. The van der Waals surface area contributed by atoms with Crippen LogP contribution >= 0.6 is 11.3 Å². The molecular weight excluding hydrogens is 783 g/mol. The molecule has 0 aliphatic carbocycles. The highest BCUT2D eigenvalue weighted by Crippen LogP contribution is 2.44. The lowest BCUT2D eigenvalue weighted by molar-refractivity contribution is 1.18. The lowest BCUT2D eigenvalue weighted by atomic mass is 9.96. The Morgan fingerprint density at radius 2 is 0.810 bits per heavy atom. The number of fused-ring (bicyclic) bond motifs is 7. The van der Waals surface area contributed by atoms with Gasteiger partial charge in [-0.15, -0.1) is 11.3 Å². The Morgan fingerprint density at radius 3 is 1.51 bits per heavy atom. The van der Waals surface area contributed by atoms with Gasteiger partial charge in [0.1, 0.15) is 0 Å². The Morgan fingerprint density at radius 1 is 0.302 bits per heavy atom. The molecule has 12 aromatic rings. The molecule has 3 aromatic heterocycles. The van der Waals surface area contributed by atoms with Crippen molar-refractivity contribution in [3.63, 3.8) is 0 Å². The molecule has 3 heterocycles. The second kappa shape index (κ2) is 15.4. The van der Waals surface area contributed by atoms with Crippen LogP contribution in [0.5, 0.6) is 0 Å². The maximum absolute atomic E-state index is 5.51. The fourth-order valence-electron chi connectivity index (χ4n) is 8.90. The average Bonchev–Trinajstić information content (AvgIpc) is 3.77. The number of hydrogen-bond donors (Lipinski definition) is 0. The van der Waals surface area contributed by atoms with E-state index in [-0.39, 0.29) is 0 Å². The Kier molecular flexibility index (Phi) is 9.02. The third kappa shape index (κ3) is 6.74. The molecule has 4 heteroatoms. The van der Waals surface area contributed by atoms with Crippen LogP contribution in [0.1, 0.15) is 0 Å². The van der Waals surface area contributed by atoms with Crippen molar-refractivity contribution < 1.29 is 0 Å². The Hall–Kier alpha value is -8.05. The first-order chi connectivity index (χ1) is 31.2. The van der Waals surface area contributed by atoms with Crippen LogP contribution in [0.4, 0.5) is 0 Å². The molecule has 0 saturated carbocycles. The first-order valence-corrected chi connectivity index (χ1v) is 22.1. The van der Waals surface area contributed by atoms with Crippen LogP contribution in [0.15, 0.2) is 224 Å². The summed E-state index contributed by atoms with van der Waals surface area (Å²) in [5, 5.41) is 6.09. The summed E-state index contributed by atoms with van der Waals surface area (Å²) in [6.45, 7) is 0. The van der Waals surface area contributed by atoms with Crippen LogP contribution in [0.2, 0.25) is 0 Å². The van der Waals surface area contributed by atoms with Gasteiger partial charge in [-0.1, -0.05) is 200 Å². The molecule has 0 atom stereocenters. The zero-order chi connectivity index (χ0) is 41.7. The summed E-state index contributed by atoms with van der Waals surface area (Å²) in [6, 6.07) is 79.7. The van der Waals surface area contributed by atoms with Crippen LogP contribution in [0.3, 0.4) is 0 Å². The van der Waals surface area contributed by atoms with Crippen LogP contribution < -0.4 is 0 Å². The number of thiophene rings is 1. The number of pyridine rings is 1. The standard InChI is InChI=1S/C59H37N3S/c1-3-13-38(14-4-1)40-25-29-43(30-26-40)52-37-53(61-59(60-52)44-31-27-41(28-32-44)39-15-5-2-6-16-39)47-20-11-18-45(35-47)46-19-12-21-48(36-46)56-58-55(50-23-9-10-24-54(50)63-58)51-34-33-42-17-7-8-22-49(42)57(51)62-56/h1-37H. The third-order valence-electron chi connectivity index (χ3n) is 12.1. The van der Waals surface area contributed by atoms with Crippen LogP contribution in [0, 0.1) is 0 Å². The first kappa shape index (κ1) is 36.8. The zero-order valence-corrected chi connectivity index (χ0v) is 34.9. The van der Waals surface area contributed by atoms with Crippen LogP contribution in [-0.4, -0.2) is 15.0 Å². The molecule has 294 valence electrons. The number of benzene rings is 9. The van der Waals surface area contributed by atoms with Crippen molar-refractivity contribution in [1.82, 2.24) is 15.0 Å². The van der Waals surface area contributed by atoms with E-state index in [2.05, 4.69) is 212 Å². The molecule has 0 unspecified atom stereocenters. The molecule has 0 saturated heterocycles. The van der Waals surface area contributed by atoms with Crippen LogP contribution in [-0.2, 0) is 0 Å². The predicted octanol–water partition coefficient (Wildman–Crippen LogP) is 16.2. The zero-order valence-electron chi connectivity index (χ0n) is 34.1. The molecule has 0 bridgehead atoms. The Labute approximate surface area is 369 Å². The number of hydrogen-bond acceptors (Lipinski definition) is 4. The lowest BCUT2D eigenvalue weighted by Crippen LogP contribution is -1.96. The molecule has 9 aromatic carbocycles. The topological polar surface area (TPSA) is 38.7 Å². The van der Waals surface area contributed by atoms with Gasteiger partial charge in [0.15, 0.2) is 5.82 Å². The summed E-state index contributed by atoms with van der Waals surface area (Å²) < 4.78 is 2.47. The van der Waals surface area contributed by atoms with E-state index in [0.29, 0.717) is 5.82 Å². The quantitative estimate of drug-likeness (QED) is 0.150. The highest BCUT2D eigenvalue weighted by atomic mass is 32.1. The summed E-state index contributed by atoms with van der Waals surface area (Å²) in [5.41, 5.74) is 14.8. The predicted molar refractivity (Wildman–Crippen MR) is 266 cm³/mol. The maximum atomic E-state index is 5.51. The van der Waals surface area contributed by atoms with Gasteiger partial charge in [0.05, 0.1) is 27.3 Å². The molecular formula is C59H37N3S. The van der Waals surface area contributed by atoms with Crippen molar-refractivity contribution in [2.45, 2.75) is 0 Å². The summed E-state index contributed by atoms with van der Waals surface area (Å²) in [4.78, 5) is 16.0. The van der Waals surface area contributed by atoms with Gasteiger partial charge in [-0.05, 0) is 63.0 Å². The smallest absolute Gasteiger partial charge is 0.160 e. The maximum Gasteiger partial charge on any atom is 0.160 e. The molecule has 3 nitrogen and oxygen atoms in total. The van der Waals surface area contributed by atoms with Gasteiger partial charge in [0.25, 0.3) is 0 Å². The van der Waals surface area contributed by atoms with Crippen molar-refractivity contribution in [3.8, 4) is 78.5 Å². The van der Waals surface area contributed by atoms with Gasteiger partial charge in [-0.25, -0.2) is 15.0 Å². The summed E-state index contributed by atoms with van der Waals surface area (Å²) in [6.07, 6.45) is 0. The van der Waals surface area contributed by atoms with E-state index in [1.165, 1.54) is 53.0 Å². The normalized spacial score (nSPS) is 11.5. The summed E-state index contributed by atoms with van der Waals surface area (Å²) >= 11 is 1.83. The second-order valence-electron chi connectivity index (χ2n) is 16.0. The van der Waals surface area contributed by atoms with Gasteiger partial charge in [0, 0.05) is 48.5 Å². The van der Waals surface area contributed by atoms with Crippen molar-refractivity contribution >= 4 is 53.2 Å². The molecule has 0 N–H and O–H groups in total. The van der Waals surface area contributed by atoms with E-state index in [1.807, 2.05) is 23.5 Å². The minimum Gasteiger partial charge on any atom is -0.246 e. The van der Waals surface area contributed by atoms with Crippen molar-refractivity contribution in [3.05, 3.63) is 224 Å². The fourth-order valence-corrected chi connectivity index (χ4v) is 10.1. The minimum atomic E-state index is 0.684. The van der Waals surface area contributed by atoms with Gasteiger partial charge >= 0.3 is 0 Å². The van der Waals surface area contributed by atoms with E-state index in [9.17, 15) is 0 Å². The number of rotatable bonds is 7. The lowest BCUT2D eigenvalue weighted by Gasteiger charge is -2.13. The number of aromatic nitrogens is 3. The van der Waals surface area contributed by atoms with Gasteiger partial charge in [-0.3, -0.25) is 0 Å². The molecule has 0 amide bonds. The third-order valence-corrected chi connectivity index (χ3v) is 13.3. The molecule has 0 spiro atoms. The van der Waals surface area contributed by atoms with E-state index in [0.717, 1.165) is 61.5 Å². The summed E-state index contributed by atoms with van der Waals surface area (Å²) in [7, 11) is 0. The molecule has 0 aliphatic rings. The summed E-state index contributed by atoms with van der Waals surface area (Å²) in [5.74, 6) is 0.684. The second-order valence-corrected chi connectivity index (χ2v) is 17.0. The van der Waals surface area contributed by atoms with Crippen molar-refractivity contribution in [2.75, 3.05) is 0 Å². The first-order valence-electron chi connectivity index (χ1n) is 21.2. The molecule has 0 radical (unpaired) electrons. The largest absolute Gasteiger partial charge is 0.246 e. The Balaban J connectivity index is 0.970. The van der Waals surface area contributed by atoms with Gasteiger partial charge in [-0.2, -0.15) is 0 Å². The van der Waals surface area contributed by atoms with Crippen molar-refractivity contribution in [1.29, 1.82) is 0 Å². The van der Waals surface area contributed by atoms with Gasteiger partial charge < -0.3 is 0 Å². The van der Waals surface area contributed by atoms with E-state index in [4.69, 9.17) is 15.0 Å². The van der Waals surface area contributed by atoms with E-state index < -0.39 is 0 Å². The molecule has 12 rings (SSSR count). The van der Waals surface area contributed by atoms with E-state index in [1.54, 1.807) is 0 Å². The van der Waals surface area contributed by atoms with Crippen LogP contribution in [0.25, 0.3) is 120 Å². The fraction of sp³-hybridized carbons (Fsp3) is 0. The van der Waals surface area contributed by atoms with Crippen molar-refractivity contribution in [2.24, 2.45) is 0 Å². The molecule has 63 heavy (non-hydrogen) atoms. The number of nitrogens with zero attached hydrogens (tertiary/aromatic N) is 3. The molecule has 0 aliphatic heterocycles. The highest BCUT2D eigenvalue weighted by molar-refractivity contribution is 7.26. The Bertz CT molecular complexity index is 3550. The minimum absolute atomic E-state index is 0.684. The van der Waals surface area contributed by atoms with E-state index >= 15 is 0 Å². The van der Waals surface area contributed by atoms with Gasteiger partial charge in [0.2, 0.25) is 0 Å².